The van der Waals surface area contributed by atoms with Gasteiger partial charge in [0, 0.05) is 29.6 Å². The van der Waals surface area contributed by atoms with E-state index in [0.29, 0.717) is 12.1 Å². The van der Waals surface area contributed by atoms with Crippen LogP contribution in [0.5, 0.6) is 0 Å². The molecular weight excluding hydrogens is 224 g/mol. The van der Waals surface area contributed by atoms with Crippen molar-refractivity contribution in [3.8, 4) is 0 Å². The summed E-state index contributed by atoms with van der Waals surface area (Å²) in [5.74, 6) is 0.0197. The number of nitrogens with two attached hydrogens (primary N) is 1. The van der Waals surface area contributed by atoms with Gasteiger partial charge >= 0.3 is 0 Å². The van der Waals surface area contributed by atoms with Crippen LogP contribution in [0.4, 0.5) is 0 Å². The van der Waals surface area contributed by atoms with E-state index in [9.17, 15) is 4.79 Å². The minimum Gasteiger partial charge on any atom is -0.330 e. The van der Waals surface area contributed by atoms with Gasteiger partial charge in [-0.2, -0.15) is 0 Å². The molecule has 1 atom stereocenters. The molecule has 1 aromatic carbocycles. The standard InChI is InChI=1S/C15H18N2O/c1-2-5-12(10-16)15(18)13-8-3-6-11-7-4-9-17-14(11)13/h3-4,6-9,12H,2,5,10,16H2,1H3. The number of fused-ring (bicyclic) bond motifs is 1. The molecule has 2 aromatic rings. The number of ketones is 1. The van der Waals surface area contributed by atoms with Crippen molar-refractivity contribution in [2.75, 3.05) is 6.54 Å². The van der Waals surface area contributed by atoms with Gasteiger partial charge in [0.05, 0.1) is 5.52 Å². The van der Waals surface area contributed by atoms with Crippen LogP contribution in [0.3, 0.4) is 0 Å². The third-order valence-corrected chi connectivity index (χ3v) is 3.19. The molecule has 2 N–H and O–H groups in total. The molecule has 1 aromatic heterocycles. The van der Waals surface area contributed by atoms with Crippen LogP contribution >= 0.6 is 0 Å². The number of benzene rings is 1. The van der Waals surface area contributed by atoms with E-state index in [1.807, 2.05) is 30.3 Å². The minimum absolute atomic E-state index is 0.0948. The fourth-order valence-electron chi connectivity index (χ4n) is 2.23. The van der Waals surface area contributed by atoms with Gasteiger partial charge in [-0.1, -0.05) is 31.5 Å². The molecule has 1 unspecified atom stereocenters. The number of hydrogen-bond acceptors (Lipinski definition) is 3. The lowest BCUT2D eigenvalue weighted by molar-refractivity contribution is 0.0919. The maximum Gasteiger partial charge on any atom is 0.169 e. The minimum atomic E-state index is -0.0948. The highest BCUT2D eigenvalue weighted by atomic mass is 16.1. The summed E-state index contributed by atoms with van der Waals surface area (Å²) in [5.41, 5.74) is 7.17. The molecule has 1 heterocycles. The van der Waals surface area contributed by atoms with E-state index < -0.39 is 0 Å². The lowest BCUT2D eigenvalue weighted by atomic mass is 9.92. The van der Waals surface area contributed by atoms with E-state index in [0.717, 1.165) is 23.7 Å². The second-order valence-electron chi connectivity index (χ2n) is 4.47. The fourth-order valence-corrected chi connectivity index (χ4v) is 2.23. The monoisotopic (exact) mass is 242 g/mol. The lowest BCUT2D eigenvalue weighted by Gasteiger charge is -2.13. The molecule has 0 spiro atoms. The molecule has 0 aliphatic carbocycles. The average molecular weight is 242 g/mol. The van der Waals surface area contributed by atoms with Gasteiger partial charge in [-0.3, -0.25) is 9.78 Å². The van der Waals surface area contributed by atoms with E-state index >= 15 is 0 Å². The summed E-state index contributed by atoms with van der Waals surface area (Å²) >= 11 is 0. The average Bonchev–Trinajstić information content (AvgIpc) is 2.43. The molecule has 0 fully saturated rings. The molecule has 0 aliphatic heterocycles. The molecule has 2 rings (SSSR count). The van der Waals surface area contributed by atoms with Crippen LogP contribution in [0, 0.1) is 5.92 Å². The Morgan fingerprint density at radius 3 is 2.83 bits per heavy atom. The molecule has 3 nitrogen and oxygen atoms in total. The van der Waals surface area contributed by atoms with Crippen LogP contribution in [-0.4, -0.2) is 17.3 Å². The maximum atomic E-state index is 12.5. The van der Waals surface area contributed by atoms with Crippen molar-refractivity contribution in [2.45, 2.75) is 19.8 Å². The van der Waals surface area contributed by atoms with Gasteiger partial charge < -0.3 is 5.73 Å². The van der Waals surface area contributed by atoms with Crippen molar-refractivity contribution in [3.05, 3.63) is 42.1 Å². The third-order valence-electron chi connectivity index (χ3n) is 3.19. The Labute approximate surface area is 107 Å². The summed E-state index contributed by atoms with van der Waals surface area (Å²) in [6.45, 7) is 2.47. The molecule has 0 aliphatic rings. The van der Waals surface area contributed by atoms with Crippen LogP contribution in [0.1, 0.15) is 30.1 Å². The Hall–Kier alpha value is -1.74. The molecule has 0 bridgehead atoms. The summed E-state index contributed by atoms with van der Waals surface area (Å²) in [7, 11) is 0. The van der Waals surface area contributed by atoms with Gasteiger partial charge in [-0.05, 0) is 18.6 Å². The molecule has 0 saturated heterocycles. The zero-order chi connectivity index (χ0) is 13.0. The zero-order valence-electron chi connectivity index (χ0n) is 10.6. The molecule has 0 radical (unpaired) electrons. The third kappa shape index (κ3) is 2.41. The summed E-state index contributed by atoms with van der Waals surface area (Å²) < 4.78 is 0. The number of carbonyl (C=O) groups is 1. The van der Waals surface area contributed by atoms with Gasteiger partial charge in [-0.15, -0.1) is 0 Å². The molecule has 0 saturated carbocycles. The Kier molecular flexibility index (Phi) is 4.05. The van der Waals surface area contributed by atoms with E-state index in [-0.39, 0.29) is 11.7 Å². The Bertz CT molecular complexity index is 546. The number of nitrogens with zero attached hydrogens (tertiary/aromatic N) is 1. The number of Topliss-reactive ketones (excluding diaryl/α,β-unsaturated/α-hetero) is 1. The highest BCUT2D eigenvalue weighted by molar-refractivity contribution is 6.07. The SMILES string of the molecule is CCCC(CN)C(=O)c1cccc2cccnc12. The number of pyridine rings is 1. The first kappa shape index (κ1) is 12.7. The number of rotatable bonds is 5. The molecule has 18 heavy (non-hydrogen) atoms. The van der Waals surface area contributed by atoms with Crippen molar-refractivity contribution in [3.63, 3.8) is 0 Å². The zero-order valence-corrected chi connectivity index (χ0v) is 10.6. The first-order chi connectivity index (χ1) is 8.77. The van der Waals surface area contributed by atoms with Crippen molar-refractivity contribution in [2.24, 2.45) is 11.7 Å². The molecule has 94 valence electrons. The van der Waals surface area contributed by atoms with Crippen LogP contribution in [-0.2, 0) is 0 Å². The topological polar surface area (TPSA) is 56.0 Å². The highest BCUT2D eigenvalue weighted by Crippen LogP contribution is 2.20. The summed E-state index contributed by atoms with van der Waals surface area (Å²) in [4.78, 5) is 16.8. The van der Waals surface area contributed by atoms with Gasteiger partial charge in [0.1, 0.15) is 0 Å². The molecule has 0 amide bonds. The molecule has 3 heteroatoms. The van der Waals surface area contributed by atoms with E-state index in [4.69, 9.17) is 5.73 Å². The first-order valence-corrected chi connectivity index (χ1v) is 6.36. The predicted molar refractivity (Wildman–Crippen MR) is 73.5 cm³/mol. The van der Waals surface area contributed by atoms with E-state index in [1.165, 1.54) is 0 Å². The van der Waals surface area contributed by atoms with Gasteiger partial charge in [-0.25, -0.2) is 0 Å². The van der Waals surface area contributed by atoms with E-state index in [2.05, 4.69) is 11.9 Å². The normalized spacial score (nSPS) is 12.6. The van der Waals surface area contributed by atoms with Gasteiger partial charge in [0.2, 0.25) is 0 Å². The fraction of sp³-hybridized carbons (Fsp3) is 0.333. The number of aromatic nitrogens is 1. The largest absolute Gasteiger partial charge is 0.330 e. The second-order valence-corrected chi connectivity index (χ2v) is 4.47. The Morgan fingerprint density at radius 2 is 2.11 bits per heavy atom. The lowest BCUT2D eigenvalue weighted by Crippen LogP contribution is -2.24. The Balaban J connectivity index is 2.44. The maximum absolute atomic E-state index is 12.5. The van der Waals surface area contributed by atoms with E-state index in [1.54, 1.807) is 6.20 Å². The van der Waals surface area contributed by atoms with Crippen molar-refractivity contribution in [1.29, 1.82) is 0 Å². The number of hydrogen-bond donors (Lipinski definition) is 1. The van der Waals surface area contributed by atoms with Gasteiger partial charge in [0.25, 0.3) is 0 Å². The summed E-state index contributed by atoms with van der Waals surface area (Å²) in [6, 6.07) is 9.56. The van der Waals surface area contributed by atoms with Crippen molar-refractivity contribution < 1.29 is 4.79 Å². The summed E-state index contributed by atoms with van der Waals surface area (Å²) in [5, 5.41) is 0.996. The van der Waals surface area contributed by atoms with Crippen molar-refractivity contribution >= 4 is 16.7 Å². The summed E-state index contributed by atoms with van der Waals surface area (Å²) in [6.07, 6.45) is 3.51. The van der Waals surface area contributed by atoms with Crippen molar-refractivity contribution in [1.82, 2.24) is 4.98 Å². The smallest absolute Gasteiger partial charge is 0.169 e. The second kappa shape index (κ2) is 5.74. The number of para-hydroxylation sites is 1. The van der Waals surface area contributed by atoms with Gasteiger partial charge in [0.15, 0.2) is 5.78 Å². The predicted octanol–water partition coefficient (Wildman–Crippen LogP) is 2.79. The highest BCUT2D eigenvalue weighted by Gasteiger charge is 2.19. The van der Waals surface area contributed by atoms with Crippen LogP contribution in [0.2, 0.25) is 0 Å². The Morgan fingerprint density at radius 1 is 1.33 bits per heavy atom. The number of carbonyl (C=O) groups excluding carboxylic acids is 1. The molecular formula is C15H18N2O. The van der Waals surface area contributed by atoms with Crippen LogP contribution < -0.4 is 5.73 Å². The van der Waals surface area contributed by atoms with Crippen LogP contribution in [0.25, 0.3) is 10.9 Å². The quantitative estimate of drug-likeness (QED) is 0.820. The van der Waals surface area contributed by atoms with Crippen LogP contribution in [0.15, 0.2) is 36.5 Å². The first-order valence-electron chi connectivity index (χ1n) is 6.36.